The molecule has 25 heavy (non-hydrogen) atoms. The first-order valence-corrected chi connectivity index (χ1v) is 8.28. The predicted octanol–water partition coefficient (Wildman–Crippen LogP) is 3.94. The summed E-state index contributed by atoms with van der Waals surface area (Å²) in [6.07, 6.45) is 0. The van der Waals surface area contributed by atoms with Crippen LogP contribution in [-0.2, 0) is 0 Å². The van der Waals surface area contributed by atoms with Crippen LogP contribution in [0.1, 0.15) is 11.1 Å². The smallest absolute Gasteiger partial charge is 0.321 e. The van der Waals surface area contributed by atoms with Crippen molar-refractivity contribution >= 4 is 17.4 Å². The van der Waals surface area contributed by atoms with E-state index in [2.05, 4.69) is 36.2 Å². The number of carbonyl (C=O) groups is 1. The zero-order chi connectivity index (χ0) is 18.0. The molecule has 2 aromatic carbocycles. The van der Waals surface area contributed by atoms with Crippen LogP contribution < -0.4 is 10.2 Å². The summed E-state index contributed by atoms with van der Waals surface area (Å²) in [5.41, 5.74) is 3.92. The molecule has 1 fully saturated rings. The molecule has 1 heterocycles. The fourth-order valence-electron chi connectivity index (χ4n) is 3.21. The van der Waals surface area contributed by atoms with Crippen LogP contribution in [0.3, 0.4) is 0 Å². The number of urea groups is 1. The molecule has 2 amide bonds. The fourth-order valence-corrected chi connectivity index (χ4v) is 3.21. The topological polar surface area (TPSA) is 35.6 Å². The Labute approximate surface area is 146 Å². The first-order valence-electron chi connectivity index (χ1n) is 8.28. The van der Waals surface area contributed by atoms with Crippen molar-refractivity contribution in [1.82, 2.24) is 4.90 Å². The normalized spacial score (nSPS) is 14.6. The Morgan fingerprint density at radius 1 is 0.960 bits per heavy atom. The summed E-state index contributed by atoms with van der Waals surface area (Å²) in [5, 5.41) is 2.62. The van der Waals surface area contributed by atoms with Crippen LogP contribution >= 0.6 is 0 Å². The van der Waals surface area contributed by atoms with Gasteiger partial charge < -0.3 is 15.1 Å². The largest absolute Gasteiger partial charge is 0.368 e. The fraction of sp³-hybridized carbons (Fsp3) is 0.316. The highest BCUT2D eigenvalue weighted by Gasteiger charge is 2.23. The molecular weight excluding hydrogens is 324 g/mol. The van der Waals surface area contributed by atoms with Crippen LogP contribution in [0, 0.1) is 25.5 Å². The van der Waals surface area contributed by atoms with Crippen LogP contribution in [0.15, 0.2) is 36.4 Å². The lowest BCUT2D eigenvalue weighted by atomic mass is 10.1. The average molecular weight is 345 g/mol. The van der Waals surface area contributed by atoms with Crippen molar-refractivity contribution < 1.29 is 13.6 Å². The summed E-state index contributed by atoms with van der Waals surface area (Å²) in [5.74, 6) is -1.90. The van der Waals surface area contributed by atoms with E-state index < -0.39 is 11.6 Å². The van der Waals surface area contributed by atoms with Gasteiger partial charge in [0.05, 0.1) is 0 Å². The highest BCUT2D eigenvalue weighted by molar-refractivity contribution is 5.89. The number of benzene rings is 2. The lowest BCUT2D eigenvalue weighted by Gasteiger charge is -2.37. The summed E-state index contributed by atoms with van der Waals surface area (Å²) < 4.78 is 26.2. The maximum atomic E-state index is 13.2. The van der Waals surface area contributed by atoms with E-state index in [-0.39, 0.29) is 11.7 Å². The molecule has 1 saturated heterocycles. The van der Waals surface area contributed by atoms with E-state index in [1.165, 1.54) is 22.9 Å². The monoisotopic (exact) mass is 345 g/mol. The molecular formula is C19H21F2N3O. The van der Waals surface area contributed by atoms with Crippen LogP contribution in [0.25, 0.3) is 0 Å². The van der Waals surface area contributed by atoms with Gasteiger partial charge in [-0.05, 0) is 37.1 Å². The van der Waals surface area contributed by atoms with E-state index in [0.717, 1.165) is 25.2 Å². The van der Waals surface area contributed by atoms with Crippen molar-refractivity contribution in [3.05, 3.63) is 59.2 Å². The van der Waals surface area contributed by atoms with Crippen LogP contribution in [-0.4, -0.2) is 37.1 Å². The standard InChI is InChI=1S/C19H21F2N3O/c1-13-4-3-5-14(2)18(13)23-8-10-24(11-9-23)19(25)22-15-6-7-16(20)17(21)12-15/h3-7,12H,8-11H2,1-2H3,(H,22,25). The third-order valence-electron chi connectivity index (χ3n) is 4.49. The zero-order valence-electron chi connectivity index (χ0n) is 14.4. The van der Waals surface area contributed by atoms with Crippen molar-refractivity contribution in [2.75, 3.05) is 36.4 Å². The van der Waals surface area contributed by atoms with Crippen molar-refractivity contribution in [2.45, 2.75) is 13.8 Å². The number of hydrogen-bond donors (Lipinski definition) is 1. The molecule has 132 valence electrons. The van der Waals surface area contributed by atoms with Gasteiger partial charge in [-0.25, -0.2) is 13.6 Å². The summed E-state index contributed by atoms with van der Waals surface area (Å²) in [7, 11) is 0. The molecule has 0 atom stereocenters. The molecule has 0 spiro atoms. The molecule has 1 N–H and O–H groups in total. The quantitative estimate of drug-likeness (QED) is 0.895. The second kappa shape index (κ2) is 7.09. The number of amides is 2. The lowest BCUT2D eigenvalue weighted by molar-refractivity contribution is 0.208. The predicted molar refractivity (Wildman–Crippen MR) is 95.1 cm³/mol. The van der Waals surface area contributed by atoms with Gasteiger partial charge in [0.2, 0.25) is 0 Å². The molecule has 0 aromatic heterocycles. The van der Waals surface area contributed by atoms with E-state index in [4.69, 9.17) is 0 Å². The number of piperazine rings is 1. The molecule has 3 rings (SSSR count). The highest BCUT2D eigenvalue weighted by atomic mass is 19.2. The summed E-state index contributed by atoms with van der Waals surface area (Å²) in [6, 6.07) is 9.26. The molecule has 0 saturated carbocycles. The van der Waals surface area contributed by atoms with Crippen LogP contribution in [0.5, 0.6) is 0 Å². The van der Waals surface area contributed by atoms with Crippen LogP contribution in [0.4, 0.5) is 25.0 Å². The lowest BCUT2D eigenvalue weighted by Crippen LogP contribution is -2.50. The first kappa shape index (κ1) is 17.2. The summed E-state index contributed by atoms with van der Waals surface area (Å²) in [4.78, 5) is 16.3. The van der Waals surface area contributed by atoms with E-state index in [1.54, 1.807) is 4.90 Å². The van der Waals surface area contributed by atoms with Gasteiger partial charge in [0.1, 0.15) is 0 Å². The van der Waals surface area contributed by atoms with Gasteiger partial charge in [-0.2, -0.15) is 0 Å². The second-order valence-electron chi connectivity index (χ2n) is 6.27. The third-order valence-corrected chi connectivity index (χ3v) is 4.49. The molecule has 2 aromatic rings. The van der Waals surface area contributed by atoms with Gasteiger partial charge in [-0.3, -0.25) is 0 Å². The molecule has 1 aliphatic heterocycles. The highest BCUT2D eigenvalue weighted by Crippen LogP contribution is 2.25. The van der Waals surface area contributed by atoms with Crippen LogP contribution in [0.2, 0.25) is 0 Å². The number of anilines is 2. The Bertz CT molecular complexity index is 766. The number of rotatable bonds is 2. The van der Waals surface area contributed by atoms with Crippen molar-refractivity contribution in [3.63, 3.8) is 0 Å². The molecule has 6 heteroatoms. The van der Waals surface area contributed by atoms with Crippen molar-refractivity contribution in [2.24, 2.45) is 0 Å². The van der Waals surface area contributed by atoms with Gasteiger partial charge >= 0.3 is 6.03 Å². The Morgan fingerprint density at radius 2 is 1.60 bits per heavy atom. The van der Waals surface area contributed by atoms with Gasteiger partial charge in [-0.1, -0.05) is 18.2 Å². The molecule has 0 radical (unpaired) electrons. The molecule has 0 aliphatic carbocycles. The molecule has 0 unspecified atom stereocenters. The van der Waals surface area contributed by atoms with E-state index in [1.807, 2.05) is 6.07 Å². The number of carbonyl (C=O) groups excluding carboxylic acids is 1. The van der Waals surface area contributed by atoms with Crippen molar-refractivity contribution in [1.29, 1.82) is 0 Å². The molecule has 1 aliphatic rings. The Morgan fingerprint density at radius 3 is 2.20 bits per heavy atom. The summed E-state index contributed by atoms with van der Waals surface area (Å²) >= 11 is 0. The number of hydrogen-bond acceptors (Lipinski definition) is 2. The maximum absolute atomic E-state index is 13.2. The number of nitrogens with zero attached hydrogens (tertiary/aromatic N) is 2. The maximum Gasteiger partial charge on any atom is 0.321 e. The van der Waals surface area contributed by atoms with E-state index in [9.17, 15) is 13.6 Å². The number of halogens is 2. The summed E-state index contributed by atoms with van der Waals surface area (Å²) in [6.45, 7) is 6.79. The Balaban J connectivity index is 1.62. The minimum Gasteiger partial charge on any atom is -0.368 e. The number of aryl methyl sites for hydroxylation is 2. The Kier molecular flexibility index (Phi) is 4.88. The minimum atomic E-state index is -0.974. The number of para-hydroxylation sites is 1. The zero-order valence-corrected chi connectivity index (χ0v) is 14.4. The first-order chi connectivity index (χ1) is 12.0. The SMILES string of the molecule is Cc1cccc(C)c1N1CCN(C(=O)Nc2ccc(F)c(F)c2)CC1. The van der Waals surface area contributed by atoms with Gasteiger partial charge in [0.25, 0.3) is 0 Å². The number of nitrogens with one attached hydrogen (secondary N) is 1. The van der Waals surface area contributed by atoms with Gasteiger partial charge in [0, 0.05) is 43.6 Å². The molecule has 0 bridgehead atoms. The van der Waals surface area contributed by atoms with Gasteiger partial charge in [0.15, 0.2) is 11.6 Å². The second-order valence-corrected chi connectivity index (χ2v) is 6.27. The minimum absolute atomic E-state index is 0.251. The Hall–Kier alpha value is -2.63. The average Bonchev–Trinajstić information content (AvgIpc) is 2.58. The molecule has 4 nitrogen and oxygen atoms in total. The third kappa shape index (κ3) is 3.73. The van der Waals surface area contributed by atoms with E-state index >= 15 is 0 Å². The van der Waals surface area contributed by atoms with Crippen molar-refractivity contribution in [3.8, 4) is 0 Å². The van der Waals surface area contributed by atoms with E-state index in [0.29, 0.717) is 13.1 Å². The van der Waals surface area contributed by atoms with Gasteiger partial charge in [-0.15, -0.1) is 0 Å².